The molecule has 58 valence electrons. The van der Waals surface area contributed by atoms with Crippen molar-refractivity contribution in [3.8, 4) is 5.75 Å². The third-order valence-electron chi connectivity index (χ3n) is 2.05. The molecule has 2 heteroatoms. The number of hydrogen-bond acceptors (Lipinski definition) is 1. The summed E-state index contributed by atoms with van der Waals surface area (Å²) < 4.78 is 5.61. The maximum absolute atomic E-state index is 5.61. The van der Waals surface area contributed by atoms with E-state index in [4.69, 9.17) is 4.74 Å². The number of hydrogen-bond donors (Lipinski definition) is 0. The van der Waals surface area contributed by atoms with Gasteiger partial charge in [-0.05, 0) is 13.3 Å². The van der Waals surface area contributed by atoms with Crippen molar-refractivity contribution in [1.29, 1.82) is 0 Å². The van der Waals surface area contributed by atoms with Gasteiger partial charge >= 0.3 is 32.7 Å². The summed E-state index contributed by atoms with van der Waals surface area (Å²) in [5, 5.41) is 0. The first-order valence-electron chi connectivity index (χ1n) is 4.02. The third-order valence-corrected chi connectivity index (χ3v) is 2.05. The molecule has 2 rings (SSSR count). The average Bonchev–Trinajstić information content (AvgIpc) is 2.04. The zero-order chi connectivity index (χ0) is 7.68. The molecule has 0 saturated heterocycles. The van der Waals surface area contributed by atoms with E-state index < -0.39 is 0 Å². The van der Waals surface area contributed by atoms with Crippen molar-refractivity contribution in [2.45, 2.75) is 25.9 Å². The van der Waals surface area contributed by atoms with E-state index in [2.05, 4.69) is 13.0 Å². The Labute approximate surface area is 98.4 Å². The van der Waals surface area contributed by atoms with Crippen LogP contribution in [0.3, 0.4) is 0 Å². The minimum absolute atomic E-state index is 0. The van der Waals surface area contributed by atoms with E-state index in [0.29, 0.717) is 6.10 Å². The van der Waals surface area contributed by atoms with Crippen molar-refractivity contribution in [3.05, 3.63) is 29.8 Å². The smallest absolute Gasteiger partial charge is 0.516 e. The number of benzene rings is 1. The third kappa shape index (κ3) is 2.08. The second-order valence-corrected chi connectivity index (χ2v) is 3.00. The van der Waals surface area contributed by atoms with Gasteiger partial charge in [-0.1, -0.05) is 6.42 Å². The van der Waals surface area contributed by atoms with E-state index in [0.717, 1.165) is 18.6 Å². The first kappa shape index (κ1) is 10.2. The minimum Gasteiger partial charge on any atom is -0.516 e. The second kappa shape index (κ2) is 4.39. The van der Waals surface area contributed by atoms with Gasteiger partial charge in [0.1, 0.15) is 0 Å². The molecule has 1 atom stereocenters. The predicted molar refractivity (Wildman–Crippen MR) is 43.7 cm³/mol. The Kier molecular flexibility index (Phi) is 3.73. The molecule has 1 aliphatic rings. The van der Waals surface area contributed by atoms with E-state index in [1.165, 1.54) is 5.56 Å². The van der Waals surface area contributed by atoms with Crippen LogP contribution in [0.4, 0.5) is 0 Å². The summed E-state index contributed by atoms with van der Waals surface area (Å²) in [4.78, 5) is 0. The Hall–Kier alpha value is 0.124. The van der Waals surface area contributed by atoms with Crippen LogP contribution in [-0.4, -0.2) is 6.10 Å². The first-order chi connectivity index (χ1) is 5.36. The minimum atomic E-state index is 0. The van der Waals surface area contributed by atoms with Crippen LogP contribution < -0.4 is 4.74 Å². The maximum Gasteiger partial charge on any atom is 3.00 e. The number of aryl methyl sites for hydroxylation is 1. The van der Waals surface area contributed by atoms with Gasteiger partial charge in [0, 0.05) is 5.75 Å². The maximum atomic E-state index is 5.61. The standard InChI is InChI=1S/C10H11O.Y/c1-8-6-7-9-4-2-3-5-10(9)11-8;/h3-5,8H,6-7H2,1H3;/q-1;+3. The van der Waals surface area contributed by atoms with Crippen LogP contribution in [0.5, 0.6) is 5.75 Å². The zero-order valence-electron chi connectivity index (χ0n) is 7.21. The normalized spacial score (nSPS) is 20.2. The molecule has 1 aromatic carbocycles. The van der Waals surface area contributed by atoms with Gasteiger partial charge in [0.25, 0.3) is 0 Å². The molecule has 0 amide bonds. The molecule has 1 heterocycles. The fourth-order valence-electron chi connectivity index (χ4n) is 1.40. The first-order valence-corrected chi connectivity index (χ1v) is 4.02. The van der Waals surface area contributed by atoms with Crippen molar-refractivity contribution in [2.24, 2.45) is 0 Å². The Bertz CT molecular complexity index is 260. The molecule has 0 aromatic heterocycles. The summed E-state index contributed by atoms with van der Waals surface area (Å²) in [5.74, 6) is 1.04. The number of rotatable bonds is 0. The molecule has 0 saturated carbocycles. The van der Waals surface area contributed by atoms with Crippen molar-refractivity contribution < 1.29 is 37.4 Å². The van der Waals surface area contributed by atoms with Crippen LogP contribution in [0, 0.1) is 6.07 Å². The molecular weight excluding hydrogens is 225 g/mol. The molecule has 0 radical (unpaired) electrons. The number of ether oxygens (including phenoxy) is 1. The largest absolute Gasteiger partial charge is 3.00 e. The summed E-state index contributed by atoms with van der Waals surface area (Å²) in [6, 6.07) is 8.96. The van der Waals surface area contributed by atoms with Crippen LogP contribution >= 0.6 is 0 Å². The average molecular weight is 236 g/mol. The van der Waals surface area contributed by atoms with Crippen LogP contribution in [0.25, 0.3) is 0 Å². The Morgan fingerprint density at radius 1 is 1.58 bits per heavy atom. The quantitative estimate of drug-likeness (QED) is 0.627. The zero-order valence-corrected chi connectivity index (χ0v) is 10.0. The van der Waals surface area contributed by atoms with Gasteiger partial charge in [0.05, 0.1) is 6.10 Å². The van der Waals surface area contributed by atoms with Gasteiger partial charge in [-0.25, -0.2) is 0 Å². The fraction of sp³-hybridized carbons (Fsp3) is 0.400. The van der Waals surface area contributed by atoms with Crippen LogP contribution in [0.1, 0.15) is 18.9 Å². The monoisotopic (exact) mass is 236 g/mol. The molecule has 0 fully saturated rings. The summed E-state index contributed by atoms with van der Waals surface area (Å²) in [6.45, 7) is 2.11. The summed E-state index contributed by atoms with van der Waals surface area (Å²) in [7, 11) is 0. The van der Waals surface area contributed by atoms with Crippen molar-refractivity contribution in [3.63, 3.8) is 0 Å². The topological polar surface area (TPSA) is 9.23 Å². The Balaban J connectivity index is 0.000000720. The number of fused-ring (bicyclic) bond motifs is 1. The Morgan fingerprint density at radius 2 is 2.42 bits per heavy atom. The van der Waals surface area contributed by atoms with E-state index in [9.17, 15) is 0 Å². The van der Waals surface area contributed by atoms with Crippen LogP contribution in [0.2, 0.25) is 0 Å². The van der Waals surface area contributed by atoms with E-state index in [1.54, 1.807) is 0 Å². The SMILES string of the molecule is CC1CCc2c[c-]ccc2O1.[Y+3]. The van der Waals surface area contributed by atoms with E-state index in [-0.39, 0.29) is 32.7 Å². The van der Waals surface area contributed by atoms with Gasteiger partial charge in [-0.3, -0.25) is 0 Å². The molecule has 0 spiro atoms. The van der Waals surface area contributed by atoms with Gasteiger partial charge in [0.15, 0.2) is 0 Å². The molecule has 0 bridgehead atoms. The van der Waals surface area contributed by atoms with Gasteiger partial charge in [0.2, 0.25) is 0 Å². The van der Waals surface area contributed by atoms with Crippen molar-refractivity contribution in [2.75, 3.05) is 0 Å². The van der Waals surface area contributed by atoms with Crippen molar-refractivity contribution in [1.82, 2.24) is 0 Å². The van der Waals surface area contributed by atoms with Gasteiger partial charge in [-0.15, -0.1) is 11.6 Å². The van der Waals surface area contributed by atoms with Crippen molar-refractivity contribution >= 4 is 0 Å². The Morgan fingerprint density at radius 3 is 3.25 bits per heavy atom. The summed E-state index contributed by atoms with van der Waals surface area (Å²) in [5.41, 5.74) is 1.30. The second-order valence-electron chi connectivity index (χ2n) is 3.00. The fourth-order valence-corrected chi connectivity index (χ4v) is 1.40. The molecule has 12 heavy (non-hydrogen) atoms. The molecule has 0 N–H and O–H groups in total. The molecule has 0 aliphatic carbocycles. The van der Waals surface area contributed by atoms with Crippen LogP contribution in [0.15, 0.2) is 18.2 Å². The summed E-state index contributed by atoms with van der Waals surface area (Å²) >= 11 is 0. The van der Waals surface area contributed by atoms with E-state index in [1.807, 2.05) is 18.2 Å². The molecule has 1 aliphatic heterocycles. The van der Waals surface area contributed by atoms with Gasteiger partial charge in [-0.2, -0.15) is 18.2 Å². The van der Waals surface area contributed by atoms with E-state index >= 15 is 0 Å². The van der Waals surface area contributed by atoms with Crippen LogP contribution in [-0.2, 0) is 39.1 Å². The predicted octanol–water partition coefficient (Wildman–Crippen LogP) is 2.20. The molecular formula is C10H11OY+2. The molecule has 1 nitrogen and oxygen atoms in total. The summed E-state index contributed by atoms with van der Waals surface area (Å²) in [6.07, 6.45) is 2.64. The van der Waals surface area contributed by atoms with Gasteiger partial charge < -0.3 is 4.74 Å². The molecule has 1 aromatic rings. The molecule has 1 unspecified atom stereocenters.